The molecule has 204 valence electrons. The fourth-order valence-corrected chi connectivity index (χ4v) is 4.61. The summed E-state index contributed by atoms with van der Waals surface area (Å²) in [6.07, 6.45) is 4.69. The number of aliphatic hydroxyl groups excluding tert-OH is 1. The lowest BCUT2D eigenvalue weighted by Crippen LogP contribution is -2.34. The largest absolute Gasteiger partial charge is 0.503 e. The molecule has 0 bridgehead atoms. The van der Waals surface area contributed by atoms with E-state index in [0.717, 1.165) is 31.6 Å². The lowest BCUT2D eigenvalue weighted by Gasteiger charge is -2.28. The first-order valence-corrected chi connectivity index (χ1v) is 13.6. The maximum atomic E-state index is 13.4. The molecule has 1 atom stereocenters. The first-order valence-electron chi connectivity index (χ1n) is 13.6. The first kappa shape index (κ1) is 29.0. The molecule has 3 rings (SSSR count). The Kier molecular flexibility index (Phi) is 11.0. The van der Waals surface area contributed by atoms with E-state index in [1.54, 1.807) is 11.0 Å². The summed E-state index contributed by atoms with van der Waals surface area (Å²) in [5.41, 5.74) is 1.62. The summed E-state index contributed by atoms with van der Waals surface area (Å²) in [5.74, 6) is -0.271. The van der Waals surface area contributed by atoms with Crippen LogP contribution < -0.4 is 9.47 Å². The molecular formula is C31H40N2O5. The normalized spacial score (nSPS) is 15.7. The number of aliphatic hydroxyl groups is 1. The van der Waals surface area contributed by atoms with Crippen molar-refractivity contribution in [1.29, 1.82) is 0 Å². The predicted octanol–water partition coefficient (Wildman–Crippen LogP) is 5.58. The van der Waals surface area contributed by atoms with Gasteiger partial charge in [-0.3, -0.25) is 9.59 Å². The summed E-state index contributed by atoms with van der Waals surface area (Å²) in [7, 11) is 0. The maximum absolute atomic E-state index is 13.4. The Labute approximate surface area is 226 Å². The van der Waals surface area contributed by atoms with Crippen LogP contribution in [0.15, 0.2) is 65.9 Å². The lowest BCUT2D eigenvalue weighted by atomic mass is 9.95. The number of benzene rings is 2. The molecule has 7 heteroatoms. The smallest absolute Gasteiger partial charge is 0.290 e. The minimum Gasteiger partial charge on any atom is -0.503 e. The van der Waals surface area contributed by atoms with Crippen LogP contribution in [0, 0.1) is 0 Å². The summed E-state index contributed by atoms with van der Waals surface area (Å²) in [6, 6.07) is 14.2. The summed E-state index contributed by atoms with van der Waals surface area (Å²) in [5, 5.41) is 10.9. The van der Waals surface area contributed by atoms with Gasteiger partial charge in [0.25, 0.3) is 5.91 Å². The van der Waals surface area contributed by atoms with Crippen LogP contribution in [0.4, 0.5) is 0 Å². The predicted molar refractivity (Wildman–Crippen MR) is 150 cm³/mol. The minimum absolute atomic E-state index is 0.0784. The van der Waals surface area contributed by atoms with Gasteiger partial charge in [-0.05, 0) is 68.7 Å². The number of amides is 1. The molecule has 0 spiro atoms. The Bertz CT molecular complexity index is 1140. The van der Waals surface area contributed by atoms with E-state index in [-0.39, 0.29) is 5.57 Å². The second-order valence-corrected chi connectivity index (χ2v) is 9.14. The summed E-state index contributed by atoms with van der Waals surface area (Å²) >= 11 is 0. The van der Waals surface area contributed by atoms with Crippen molar-refractivity contribution in [1.82, 2.24) is 9.80 Å². The van der Waals surface area contributed by atoms with Crippen molar-refractivity contribution >= 4 is 17.8 Å². The second-order valence-electron chi connectivity index (χ2n) is 9.14. The van der Waals surface area contributed by atoms with Crippen LogP contribution in [0.5, 0.6) is 11.5 Å². The van der Waals surface area contributed by atoms with Crippen LogP contribution in [-0.4, -0.2) is 66.0 Å². The van der Waals surface area contributed by atoms with Gasteiger partial charge in [0, 0.05) is 6.54 Å². The molecule has 0 aromatic heterocycles. The van der Waals surface area contributed by atoms with Crippen molar-refractivity contribution in [2.45, 2.75) is 46.6 Å². The third-order valence-electron chi connectivity index (χ3n) is 6.61. The van der Waals surface area contributed by atoms with Crippen molar-refractivity contribution in [2.24, 2.45) is 0 Å². The van der Waals surface area contributed by atoms with E-state index in [2.05, 4.69) is 18.7 Å². The quantitative estimate of drug-likeness (QED) is 0.309. The molecule has 0 saturated heterocycles. The zero-order chi connectivity index (χ0) is 27.5. The third kappa shape index (κ3) is 7.04. The molecule has 1 unspecified atom stereocenters. The monoisotopic (exact) mass is 520 g/mol. The number of hydrogen-bond acceptors (Lipinski definition) is 6. The van der Waals surface area contributed by atoms with Gasteiger partial charge in [-0.15, -0.1) is 0 Å². The summed E-state index contributed by atoms with van der Waals surface area (Å²) in [4.78, 5) is 30.6. The van der Waals surface area contributed by atoms with Crippen LogP contribution in [0.1, 0.15) is 57.7 Å². The number of ketones is 1. The van der Waals surface area contributed by atoms with Crippen molar-refractivity contribution in [3.8, 4) is 11.5 Å². The van der Waals surface area contributed by atoms with Crippen LogP contribution in [0.2, 0.25) is 0 Å². The molecular weight excluding hydrogens is 480 g/mol. The number of carbonyl (C=O) groups excluding carboxylic acids is 2. The Morgan fingerprint density at radius 1 is 1.03 bits per heavy atom. The fourth-order valence-electron chi connectivity index (χ4n) is 4.61. The van der Waals surface area contributed by atoms with E-state index in [9.17, 15) is 14.7 Å². The second kappa shape index (κ2) is 14.4. The number of hydrogen-bond donors (Lipinski definition) is 1. The highest BCUT2D eigenvalue weighted by Crippen LogP contribution is 2.41. The average Bonchev–Trinajstić information content (AvgIpc) is 3.19. The van der Waals surface area contributed by atoms with Crippen molar-refractivity contribution in [3.63, 3.8) is 0 Å². The minimum atomic E-state index is -0.730. The number of carbonyl (C=O) groups is 2. The molecule has 1 N–H and O–H groups in total. The van der Waals surface area contributed by atoms with Gasteiger partial charge in [-0.1, -0.05) is 63.2 Å². The number of allylic oxidation sites excluding steroid dienone is 1. The number of nitrogens with zero attached hydrogens (tertiary/aromatic N) is 2. The van der Waals surface area contributed by atoms with Crippen LogP contribution in [0.3, 0.4) is 0 Å². The maximum Gasteiger partial charge on any atom is 0.290 e. The van der Waals surface area contributed by atoms with Crippen LogP contribution in [0.25, 0.3) is 6.08 Å². The van der Waals surface area contributed by atoms with Gasteiger partial charge in [-0.2, -0.15) is 0 Å². The molecule has 0 aliphatic carbocycles. The van der Waals surface area contributed by atoms with Gasteiger partial charge in [0.1, 0.15) is 0 Å². The molecule has 7 nitrogen and oxygen atoms in total. The molecule has 0 saturated carbocycles. The zero-order valence-electron chi connectivity index (χ0n) is 23.0. The fraction of sp³-hybridized carbons (Fsp3) is 0.419. The molecule has 1 aliphatic heterocycles. The molecule has 0 radical (unpaired) electrons. The first-order chi connectivity index (χ1) is 18.4. The molecule has 1 heterocycles. The van der Waals surface area contributed by atoms with Gasteiger partial charge in [0.15, 0.2) is 23.0 Å². The molecule has 0 fully saturated rings. The van der Waals surface area contributed by atoms with Crippen LogP contribution in [-0.2, 0) is 9.59 Å². The van der Waals surface area contributed by atoms with E-state index < -0.39 is 23.5 Å². The Morgan fingerprint density at radius 2 is 1.76 bits per heavy atom. The Morgan fingerprint density at radius 3 is 2.42 bits per heavy atom. The molecule has 1 aliphatic rings. The highest BCUT2D eigenvalue weighted by molar-refractivity contribution is 6.14. The standard InChI is InChI=1S/C31H40N2O5/c1-5-21-38-26-18-16-24(22-27(26)37-8-4)29-28(25(34)17-15-23-13-10-9-11-14-23)30(35)31(36)33(29)20-12-19-32(6-2)7-3/h9-11,13-18,22,29,35H,5-8,12,19-21H2,1-4H3. The van der Waals surface area contributed by atoms with Gasteiger partial charge < -0.3 is 24.4 Å². The molecule has 38 heavy (non-hydrogen) atoms. The van der Waals surface area contributed by atoms with Crippen molar-refractivity contribution in [3.05, 3.63) is 77.1 Å². The number of ether oxygens (including phenoxy) is 2. The molecule has 1 amide bonds. The van der Waals surface area contributed by atoms with Crippen molar-refractivity contribution in [2.75, 3.05) is 39.4 Å². The Hall–Kier alpha value is -3.58. The van der Waals surface area contributed by atoms with E-state index in [1.165, 1.54) is 6.08 Å². The zero-order valence-corrected chi connectivity index (χ0v) is 23.0. The average molecular weight is 521 g/mol. The van der Waals surface area contributed by atoms with E-state index in [0.29, 0.717) is 43.2 Å². The SMILES string of the molecule is CCCOc1ccc(C2C(C(=O)C=Cc3ccccc3)=C(O)C(=O)N2CCCN(CC)CC)cc1OCC. The highest BCUT2D eigenvalue weighted by atomic mass is 16.5. The number of rotatable bonds is 15. The van der Waals surface area contributed by atoms with Crippen molar-refractivity contribution < 1.29 is 24.2 Å². The summed E-state index contributed by atoms with van der Waals surface area (Å²) < 4.78 is 11.7. The topological polar surface area (TPSA) is 79.3 Å². The van der Waals surface area contributed by atoms with Gasteiger partial charge in [0.2, 0.25) is 0 Å². The van der Waals surface area contributed by atoms with Gasteiger partial charge >= 0.3 is 0 Å². The van der Waals surface area contributed by atoms with E-state index in [1.807, 2.05) is 62.4 Å². The summed E-state index contributed by atoms with van der Waals surface area (Å²) in [6.45, 7) is 12.2. The molecule has 2 aromatic carbocycles. The van der Waals surface area contributed by atoms with E-state index >= 15 is 0 Å². The van der Waals surface area contributed by atoms with Crippen LogP contribution >= 0.6 is 0 Å². The van der Waals surface area contributed by atoms with Gasteiger partial charge in [-0.25, -0.2) is 0 Å². The lowest BCUT2D eigenvalue weighted by molar-refractivity contribution is -0.129. The van der Waals surface area contributed by atoms with E-state index in [4.69, 9.17) is 9.47 Å². The third-order valence-corrected chi connectivity index (χ3v) is 6.61. The highest BCUT2D eigenvalue weighted by Gasteiger charge is 2.43. The van der Waals surface area contributed by atoms with Gasteiger partial charge in [0.05, 0.1) is 24.8 Å². The Balaban J connectivity index is 1.99. The molecule has 2 aromatic rings.